The number of hydrogen-bond acceptors (Lipinski definition) is 2. The number of alkyl halides is 1. The molecule has 76 valence electrons. The minimum atomic E-state index is -0.668. The molecule has 5 heteroatoms. The molecule has 0 radical (unpaired) electrons. The fourth-order valence-corrected chi connectivity index (χ4v) is 1.52. The van der Waals surface area contributed by atoms with Gasteiger partial charge in [-0.05, 0) is 12.1 Å². The Hall–Kier alpha value is -0.610. The van der Waals surface area contributed by atoms with E-state index in [9.17, 15) is 9.18 Å². The van der Waals surface area contributed by atoms with Crippen molar-refractivity contribution in [3.63, 3.8) is 0 Å². The molecule has 0 fully saturated rings. The fourth-order valence-electron chi connectivity index (χ4n) is 1.05. The van der Waals surface area contributed by atoms with Gasteiger partial charge < -0.3 is 4.74 Å². The van der Waals surface area contributed by atoms with Crippen molar-refractivity contribution in [2.24, 2.45) is 0 Å². The van der Waals surface area contributed by atoms with Crippen LogP contribution in [0.2, 0.25) is 5.02 Å². The summed E-state index contributed by atoms with van der Waals surface area (Å²) in [6.07, 6.45) is 0. The van der Waals surface area contributed by atoms with Crippen molar-refractivity contribution in [2.75, 3.05) is 12.4 Å². The van der Waals surface area contributed by atoms with Gasteiger partial charge in [-0.15, -0.1) is 0 Å². The molecular weight excluding hydrogens is 274 g/mol. The number of carbonyl (C=O) groups excluding carboxylic acids is 1. The summed E-state index contributed by atoms with van der Waals surface area (Å²) in [6, 6.07) is 2.49. The first-order valence-corrected chi connectivity index (χ1v) is 5.22. The molecule has 0 aromatic heterocycles. The molecule has 0 bridgehead atoms. The van der Waals surface area contributed by atoms with Crippen LogP contribution in [-0.2, 0) is 0 Å². The van der Waals surface area contributed by atoms with E-state index < -0.39 is 5.82 Å². The largest absolute Gasteiger partial charge is 0.496 e. The summed E-state index contributed by atoms with van der Waals surface area (Å²) in [5.41, 5.74) is -0.0752. The van der Waals surface area contributed by atoms with Crippen LogP contribution in [-0.4, -0.2) is 18.2 Å². The zero-order valence-electron chi connectivity index (χ0n) is 7.31. The predicted molar refractivity (Wildman–Crippen MR) is 56.1 cm³/mol. The minimum Gasteiger partial charge on any atom is -0.496 e. The zero-order chi connectivity index (χ0) is 10.7. The second kappa shape index (κ2) is 4.75. The zero-order valence-corrected chi connectivity index (χ0v) is 9.65. The van der Waals surface area contributed by atoms with Gasteiger partial charge >= 0.3 is 0 Å². The number of hydrogen-bond donors (Lipinski definition) is 0. The second-order valence-corrected chi connectivity index (χ2v) is 3.52. The summed E-state index contributed by atoms with van der Waals surface area (Å²) < 4.78 is 18.2. The lowest BCUT2D eigenvalue weighted by atomic mass is 10.1. The maximum absolute atomic E-state index is 13.3. The second-order valence-electron chi connectivity index (χ2n) is 2.52. The van der Waals surface area contributed by atoms with E-state index >= 15 is 0 Å². The molecule has 0 aliphatic heterocycles. The highest BCUT2D eigenvalue weighted by molar-refractivity contribution is 9.09. The van der Waals surface area contributed by atoms with E-state index in [4.69, 9.17) is 16.3 Å². The fraction of sp³-hybridized carbons (Fsp3) is 0.222. The number of ether oxygens (including phenoxy) is 1. The molecule has 0 saturated heterocycles. The Morgan fingerprint density at radius 3 is 2.79 bits per heavy atom. The van der Waals surface area contributed by atoms with E-state index in [1.54, 1.807) is 0 Å². The highest BCUT2D eigenvalue weighted by Crippen LogP contribution is 2.27. The summed E-state index contributed by atoms with van der Waals surface area (Å²) >= 11 is 8.57. The Bertz CT molecular complexity index is 368. The molecular formula is C9H7BrClFO2. The lowest BCUT2D eigenvalue weighted by Gasteiger charge is -2.07. The van der Waals surface area contributed by atoms with Crippen molar-refractivity contribution >= 4 is 33.3 Å². The van der Waals surface area contributed by atoms with Gasteiger partial charge in [0.2, 0.25) is 0 Å². The molecule has 0 aliphatic carbocycles. The van der Waals surface area contributed by atoms with Crippen LogP contribution in [0.3, 0.4) is 0 Å². The summed E-state index contributed by atoms with van der Waals surface area (Å²) in [5.74, 6) is -0.894. The van der Waals surface area contributed by atoms with Crippen LogP contribution in [0.4, 0.5) is 4.39 Å². The Kier molecular flexibility index (Phi) is 3.89. The van der Waals surface area contributed by atoms with Crippen LogP contribution >= 0.6 is 27.5 Å². The van der Waals surface area contributed by atoms with Crippen LogP contribution in [0.1, 0.15) is 10.4 Å². The number of halogens is 3. The lowest BCUT2D eigenvalue weighted by molar-refractivity contribution is 0.101. The minimum absolute atomic E-state index is 0.0436. The van der Waals surface area contributed by atoms with Gasteiger partial charge in [-0.3, -0.25) is 4.79 Å². The van der Waals surface area contributed by atoms with Crippen LogP contribution in [0.5, 0.6) is 5.75 Å². The number of methoxy groups -OCH3 is 1. The van der Waals surface area contributed by atoms with Gasteiger partial charge in [-0.2, -0.15) is 0 Å². The summed E-state index contributed by atoms with van der Waals surface area (Å²) in [6.45, 7) is 0. The standard InChI is InChI=1S/C9H7BrClFO2/c1-14-8-3-5(11)2-6(12)9(8)7(13)4-10/h2-3H,4H2,1H3. The molecule has 0 saturated carbocycles. The first-order chi connectivity index (χ1) is 6.60. The Labute approximate surface area is 94.1 Å². The van der Waals surface area contributed by atoms with Gasteiger partial charge in [0.25, 0.3) is 0 Å². The van der Waals surface area contributed by atoms with Crippen molar-refractivity contribution in [1.29, 1.82) is 0 Å². The average Bonchev–Trinajstić information content (AvgIpc) is 2.15. The monoisotopic (exact) mass is 280 g/mol. The third-order valence-corrected chi connectivity index (χ3v) is 2.37. The molecule has 0 aliphatic rings. The number of Topliss-reactive ketones (excluding diaryl/α,β-unsaturated/α-hetero) is 1. The Balaban J connectivity index is 3.32. The van der Waals surface area contributed by atoms with Gasteiger partial charge in [-0.25, -0.2) is 4.39 Å². The lowest BCUT2D eigenvalue weighted by Crippen LogP contribution is -2.06. The molecule has 1 rings (SSSR count). The highest BCUT2D eigenvalue weighted by Gasteiger charge is 2.17. The van der Waals surface area contributed by atoms with Gasteiger partial charge in [0.1, 0.15) is 11.6 Å². The number of benzene rings is 1. The van der Waals surface area contributed by atoms with Gasteiger partial charge in [0.05, 0.1) is 18.0 Å². The van der Waals surface area contributed by atoms with Crippen molar-refractivity contribution in [1.82, 2.24) is 0 Å². The SMILES string of the molecule is COc1cc(Cl)cc(F)c1C(=O)CBr. The van der Waals surface area contributed by atoms with E-state index in [1.807, 2.05) is 0 Å². The molecule has 2 nitrogen and oxygen atoms in total. The number of carbonyl (C=O) groups is 1. The highest BCUT2D eigenvalue weighted by atomic mass is 79.9. The predicted octanol–water partition coefficient (Wildman–Crippen LogP) is 3.07. The van der Waals surface area contributed by atoms with Crippen molar-refractivity contribution < 1.29 is 13.9 Å². The van der Waals surface area contributed by atoms with E-state index in [-0.39, 0.29) is 27.4 Å². The maximum atomic E-state index is 13.3. The molecule has 0 amide bonds. The van der Waals surface area contributed by atoms with Crippen LogP contribution in [0.15, 0.2) is 12.1 Å². The van der Waals surface area contributed by atoms with E-state index in [2.05, 4.69) is 15.9 Å². The molecule has 0 unspecified atom stereocenters. The maximum Gasteiger partial charge on any atom is 0.180 e. The molecule has 1 aromatic carbocycles. The normalized spacial score (nSPS) is 10.0. The topological polar surface area (TPSA) is 26.3 Å². The van der Waals surface area contributed by atoms with E-state index in [0.29, 0.717) is 0 Å². The third-order valence-electron chi connectivity index (χ3n) is 1.64. The average molecular weight is 282 g/mol. The summed E-state index contributed by atoms with van der Waals surface area (Å²) in [5, 5.41) is 0.243. The first kappa shape index (κ1) is 11.5. The van der Waals surface area contributed by atoms with E-state index in [1.165, 1.54) is 13.2 Å². The molecule has 0 heterocycles. The van der Waals surface area contributed by atoms with Gasteiger partial charge in [-0.1, -0.05) is 27.5 Å². The Morgan fingerprint density at radius 2 is 2.29 bits per heavy atom. The molecule has 0 N–H and O–H groups in total. The van der Waals surface area contributed by atoms with Crippen molar-refractivity contribution in [2.45, 2.75) is 0 Å². The van der Waals surface area contributed by atoms with Crippen LogP contribution < -0.4 is 4.74 Å². The third kappa shape index (κ3) is 2.25. The summed E-state index contributed by atoms with van der Waals surface area (Å²) in [7, 11) is 1.36. The molecule has 1 aromatic rings. The quantitative estimate of drug-likeness (QED) is 0.629. The van der Waals surface area contributed by atoms with E-state index in [0.717, 1.165) is 6.07 Å². The first-order valence-electron chi connectivity index (χ1n) is 3.72. The van der Waals surface area contributed by atoms with Crippen molar-refractivity contribution in [3.05, 3.63) is 28.5 Å². The molecule has 0 atom stereocenters. The Morgan fingerprint density at radius 1 is 1.64 bits per heavy atom. The smallest absolute Gasteiger partial charge is 0.180 e. The number of rotatable bonds is 3. The molecule has 14 heavy (non-hydrogen) atoms. The van der Waals surface area contributed by atoms with Crippen LogP contribution in [0.25, 0.3) is 0 Å². The number of ketones is 1. The molecule has 0 spiro atoms. The van der Waals surface area contributed by atoms with Crippen molar-refractivity contribution in [3.8, 4) is 5.75 Å². The van der Waals surface area contributed by atoms with Crippen LogP contribution in [0, 0.1) is 5.82 Å². The van der Waals surface area contributed by atoms with Gasteiger partial charge in [0, 0.05) is 5.02 Å². The van der Waals surface area contributed by atoms with Gasteiger partial charge in [0.15, 0.2) is 5.78 Å². The summed E-state index contributed by atoms with van der Waals surface area (Å²) in [4.78, 5) is 11.3.